The van der Waals surface area contributed by atoms with Crippen LogP contribution in [-0.4, -0.2) is 23.0 Å². The quantitative estimate of drug-likeness (QED) is 0.215. The molecule has 3 aromatic rings. The average Bonchev–Trinajstić information content (AvgIpc) is 3.24. The summed E-state index contributed by atoms with van der Waals surface area (Å²) in [6, 6.07) is 12.8. The Bertz CT molecular complexity index is 1080. The molecule has 2 aromatic carbocycles. The van der Waals surface area contributed by atoms with Gasteiger partial charge >= 0.3 is 17.6 Å². The van der Waals surface area contributed by atoms with Crippen LogP contribution in [0.2, 0.25) is 5.02 Å². The topological polar surface area (TPSA) is 124 Å². The molecule has 0 aliphatic rings. The number of furan rings is 1. The number of hydrogen-bond acceptors (Lipinski definition) is 7. The number of para-hydroxylation sites is 1. The maximum atomic E-state index is 12.4. The summed E-state index contributed by atoms with van der Waals surface area (Å²) in [6.45, 7) is 0. The number of nitrogens with one attached hydrogen (secondary N) is 1. The summed E-state index contributed by atoms with van der Waals surface area (Å²) >= 11 is 5.79. The molecule has 0 bridgehead atoms. The third-order valence-corrected chi connectivity index (χ3v) is 3.86. The number of rotatable bonds is 6. The summed E-state index contributed by atoms with van der Waals surface area (Å²) in [4.78, 5) is 34.9. The lowest BCUT2D eigenvalue weighted by Crippen LogP contribution is -2.17. The molecule has 0 radical (unpaired) electrons. The van der Waals surface area contributed by atoms with Gasteiger partial charge in [-0.25, -0.2) is 10.2 Å². The van der Waals surface area contributed by atoms with E-state index in [-0.39, 0.29) is 22.6 Å². The normalized spacial score (nSPS) is 10.7. The molecule has 0 aliphatic heterocycles. The van der Waals surface area contributed by atoms with E-state index in [1.807, 2.05) is 0 Å². The molecule has 29 heavy (non-hydrogen) atoms. The fourth-order valence-electron chi connectivity index (χ4n) is 2.26. The Balaban J connectivity index is 1.85. The van der Waals surface area contributed by atoms with Crippen LogP contribution in [0.5, 0.6) is 5.75 Å². The largest absolute Gasteiger partial charge is 0.459 e. The molecule has 146 valence electrons. The first kappa shape index (κ1) is 19.8. The molecule has 1 aromatic heterocycles. The van der Waals surface area contributed by atoms with Gasteiger partial charge in [0.2, 0.25) is 5.75 Å². The monoisotopic (exact) mass is 413 g/mol. The van der Waals surface area contributed by atoms with Crippen molar-refractivity contribution in [1.29, 1.82) is 0 Å². The van der Waals surface area contributed by atoms with E-state index in [0.717, 1.165) is 6.21 Å². The molecule has 0 fully saturated rings. The van der Waals surface area contributed by atoms with Gasteiger partial charge in [-0.3, -0.25) is 14.9 Å². The lowest BCUT2D eigenvalue weighted by molar-refractivity contribution is -0.385. The summed E-state index contributed by atoms with van der Waals surface area (Å²) in [5.74, 6) is -1.70. The van der Waals surface area contributed by atoms with Crippen LogP contribution in [0.15, 0.2) is 70.4 Å². The van der Waals surface area contributed by atoms with E-state index in [1.54, 1.807) is 0 Å². The molecule has 0 spiro atoms. The van der Waals surface area contributed by atoms with Crippen molar-refractivity contribution in [2.24, 2.45) is 5.10 Å². The van der Waals surface area contributed by atoms with Crippen LogP contribution >= 0.6 is 11.6 Å². The van der Waals surface area contributed by atoms with Gasteiger partial charge in [-0.1, -0.05) is 17.7 Å². The Morgan fingerprint density at radius 3 is 2.55 bits per heavy atom. The highest BCUT2D eigenvalue weighted by Gasteiger charge is 2.22. The van der Waals surface area contributed by atoms with Gasteiger partial charge in [0.1, 0.15) is 0 Å². The molecule has 0 aliphatic carbocycles. The molecule has 1 heterocycles. The number of nitro groups is 1. The first-order chi connectivity index (χ1) is 14.0. The lowest BCUT2D eigenvalue weighted by atomic mass is 10.2. The highest BCUT2D eigenvalue weighted by Crippen LogP contribution is 2.30. The predicted octanol–water partition coefficient (Wildman–Crippen LogP) is 3.82. The Kier molecular flexibility index (Phi) is 6.00. The fraction of sp³-hybridized carbons (Fsp3) is 0. The molecule has 0 atom stereocenters. The standard InChI is InChI=1S/C19H12ClN3O6/c20-14-8-6-12(7-9-14)19(25)29-17-13(3-1-4-15(17)23(26)27)11-21-22-18(24)16-5-2-10-28-16/h1-11H,(H,22,24)/b21-11+. The molecule has 10 heteroatoms. The number of hydrazone groups is 1. The number of carbonyl (C=O) groups is 2. The molecule has 0 saturated carbocycles. The third-order valence-electron chi connectivity index (χ3n) is 3.61. The highest BCUT2D eigenvalue weighted by molar-refractivity contribution is 6.30. The van der Waals surface area contributed by atoms with Gasteiger partial charge in [-0.15, -0.1) is 0 Å². The van der Waals surface area contributed by atoms with Crippen molar-refractivity contribution < 1.29 is 23.7 Å². The second-order valence-electron chi connectivity index (χ2n) is 5.53. The number of ether oxygens (including phenoxy) is 1. The van der Waals surface area contributed by atoms with Crippen LogP contribution in [0.1, 0.15) is 26.5 Å². The zero-order chi connectivity index (χ0) is 20.8. The zero-order valence-electron chi connectivity index (χ0n) is 14.6. The summed E-state index contributed by atoms with van der Waals surface area (Å²) in [6.07, 6.45) is 2.45. The molecule has 0 saturated heterocycles. The molecular weight excluding hydrogens is 402 g/mol. The maximum absolute atomic E-state index is 12.4. The second-order valence-corrected chi connectivity index (χ2v) is 5.96. The summed E-state index contributed by atoms with van der Waals surface area (Å²) in [5.41, 5.74) is 2.04. The van der Waals surface area contributed by atoms with Crippen molar-refractivity contribution >= 4 is 35.4 Å². The van der Waals surface area contributed by atoms with E-state index in [0.29, 0.717) is 5.02 Å². The Morgan fingerprint density at radius 1 is 1.14 bits per heavy atom. The van der Waals surface area contributed by atoms with Crippen molar-refractivity contribution in [3.05, 3.63) is 92.9 Å². The molecular formula is C19H12ClN3O6. The molecule has 1 amide bonds. The minimum Gasteiger partial charge on any atom is -0.459 e. The fourth-order valence-corrected chi connectivity index (χ4v) is 2.39. The summed E-state index contributed by atoms with van der Waals surface area (Å²) in [5, 5.41) is 15.5. The number of amides is 1. The highest BCUT2D eigenvalue weighted by atomic mass is 35.5. The van der Waals surface area contributed by atoms with Crippen LogP contribution in [0.25, 0.3) is 0 Å². The molecule has 0 unspecified atom stereocenters. The number of carbonyl (C=O) groups excluding carboxylic acids is 2. The smallest absolute Gasteiger partial charge is 0.343 e. The van der Waals surface area contributed by atoms with Crippen molar-refractivity contribution in [2.45, 2.75) is 0 Å². The van der Waals surface area contributed by atoms with E-state index < -0.39 is 22.5 Å². The van der Waals surface area contributed by atoms with Crippen molar-refractivity contribution in [3.8, 4) is 5.75 Å². The molecule has 1 N–H and O–H groups in total. The van der Waals surface area contributed by atoms with Gasteiger partial charge in [0.05, 0.1) is 23.0 Å². The van der Waals surface area contributed by atoms with E-state index in [2.05, 4.69) is 10.5 Å². The Hall–Kier alpha value is -3.98. The van der Waals surface area contributed by atoms with Crippen LogP contribution < -0.4 is 10.2 Å². The minimum atomic E-state index is -0.815. The van der Waals surface area contributed by atoms with Crippen LogP contribution in [0, 0.1) is 10.1 Å². The average molecular weight is 414 g/mol. The van der Waals surface area contributed by atoms with Crippen LogP contribution in [0.4, 0.5) is 5.69 Å². The summed E-state index contributed by atoms with van der Waals surface area (Å²) < 4.78 is 10.2. The van der Waals surface area contributed by atoms with Gasteiger partial charge in [0.15, 0.2) is 5.76 Å². The van der Waals surface area contributed by atoms with Crippen molar-refractivity contribution in [3.63, 3.8) is 0 Å². The number of esters is 1. The summed E-state index contributed by atoms with van der Waals surface area (Å²) in [7, 11) is 0. The second kappa shape index (κ2) is 8.81. The van der Waals surface area contributed by atoms with E-state index in [4.69, 9.17) is 20.8 Å². The van der Waals surface area contributed by atoms with Gasteiger partial charge in [0.25, 0.3) is 0 Å². The first-order valence-electron chi connectivity index (χ1n) is 8.08. The van der Waals surface area contributed by atoms with Crippen LogP contribution in [0.3, 0.4) is 0 Å². The van der Waals surface area contributed by atoms with Gasteiger partial charge in [-0.05, 0) is 42.5 Å². The van der Waals surface area contributed by atoms with Gasteiger partial charge in [-0.2, -0.15) is 5.10 Å². The maximum Gasteiger partial charge on any atom is 0.343 e. The number of halogens is 1. The first-order valence-corrected chi connectivity index (χ1v) is 8.45. The molecule has 3 rings (SSSR count). The number of nitrogens with zero attached hydrogens (tertiary/aromatic N) is 2. The number of hydrogen-bond donors (Lipinski definition) is 1. The predicted molar refractivity (Wildman–Crippen MR) is 103 cm³/mol. The SMILES string of the molecule is O=C(Oc1c(/C=N/NC(=O)c2ccco2)cccc1[N+](=O)[O-])c1ccc(Cl)cc1. The van der Waals surface area contributed by atoms with Gasteiger partial charge in [0, 0.05) is 16.7 Å². The van der Waals surface area contributed by atoms with Crippen molar-refractivity contribution in [1.82, 2.24) is 5.43 Å². The van der Waals surface area contributed by atoms with E-state index >= 15 is 0 Å². The van der Waals surface area contributed by atoms with E-state index in [1.165, 1.54) is 60.9 Å². The van der Waals surface area contributed by atoms with E-state index in [9.17, 15) is 19.7 Å². The molecule has 9 nitrogen and oxygen atoms in total. The Labute approximate surface area is 168 Å². The third kappa shape index (κ3) is 4.85. The number of benzene rings is 2. The zero-order valence-corrected chi connectivity index (χ0v) is 15.3. The van der Waals surface area contributed by atoms with Crippen molar-refractivity contribution in [2.75, 3.05) is 0 Å². The number of nitro benzene ring substituents is 1. The minimum absolute atomic E-state index is 0.0376. The van der Waals surface area contributed by atoms with Crippen LogP contribution in [-0.2, 0) is 0 Å². The lowest BCUT2D eigenvalue weighted by Gasteiger charge is -2.08. The van der Waals surface area contributed by atoms with Gasteiger partial charge < -0.3 is 9.15 Å². The Morgan fingerprint density at radius 2 is 1.90 bits per heavy atom.